The number of hydrogen-bond donors (Lipinski definition) is 2. The van der Waals surface area contributed by atoms with Crippen LogP contribution in [0.25, 0.3) is 0 Å². The quantitative estimate of drug-likeness (QED) is 0.181. The Labute approximate surface area is 182 Å². The number of unbranched alkanes of at least 4 members (excludes halogenated alkanes) is 16. The third-order valence-corrected chi connectivity index (χ3v) is 5.52. The lowest BCUT2D eigenvalue weighted by Crippen LogP contribution is -2.33. The molecule has 0 saturated heterocycles. The van der Waals surface area contributed by atoms with E-state index < -0.39 is 0 Å². The molecular formula is C25H52N2O2. The van der Waals surface area contributed by atoms with E-state index in [0.29, 0.717) is 13.1 Å². The fraction of sp³-hybridized carbons (Fsp3) is 0.960. The number of nitrogens with one attached hydrogen (secondary N) is 2. The van der Waals surface area contributed by atoms with Crippen LogP contribution >= 0.6 is 0 Å². The van der Waals surface area contributed by atoms with Gasteiger partial charge in [0.1, 0.15) is 0 Å². The number of rotatable bonds is 24. The highest BCUT2D eigenvalue weighted by molar-refractivity contribution is 5.77. The SMILES string of the molecule is CCCCCCCCCCCCCCCCCCCOCCCNC(=O)CNC. The molecule has 0 heterocycles. The molecule has 0 aromatic carbocycles. The molecule has 0 unspecified atom stereocenters. The molecule has 29 heavy (non-hydrogen) atoms. The maximum atomic E-state index is 11.2. The van der Waals surface area contributed by atoms with Crippen LogP contribution in [0.2, 0.25) is 0 Å². The van der Waals surface area contributed by atoms with Crippen molar-refractivity contribution in [3.8, 4) is 0 Å². The highest BCUT2D eigenvalue weighted by Gasteiger charge is 1.98. The van der Waals surface area contributed by atoms with E-state index in [2.05, 4.69) is 17.6 Å². The minimum Gasteiger partial charge on any atom is -0.381 e. The number of amides is 1. The van der Waals surface area contributed by atoms with Crippen molar-refractivity contribution in [1.29, 1.82) is 0 Å². The monoisotopic (exact) mass is 412 g/mol. The van der Waals surface area contributed by atoms with Crippen molar-refractivity contribution in [3.63, 3.8) is 0 Å². The Kier molecular flexibility index (Phi) is 24.9. The molecule has 1 amide bonds. The van der Waals surface area contributed by atoms with Gasteiger partial charge < -0.3 is 15.4 Å². The fourth-order valence-electron chi connectivity index (χ4n) is 3.66. The highest BCUT2D eigenvalue weighted by atomic mass is 16.5. The van der Waals surface area contributed by atoms with Crippen molar-refractivity contribution in [1.82, 2.24) is 10.6 Å². The summed E-state index contributed by atoms with van der Waals surface area (Å²) < 4.78 is 5.63. The smallest absolute Gasteiger partial charge is 0.233 e. The summed E-state index contributed by atoms with van der Waals surface area (Å²) in [6, 6.07) is 0. The fourth-order valence-corrected chi connectivity index (χ4v) is 3.66. The molecule has 0 atom stereocenters. The molecule has 0 saturated carbocycles. The van der Waals surface area contributed by atoms with E-state index in [1.807, 2.05) is 0 Å². The van der Waals surface area contributed by atoms with Crippen LogP contribution in [0.4, 0.5) is 0 Å². The third kappa shape index (κ3) is 25.4. The summed E-state index contributed by atoms with van der Waals surface area (Å²) in [5.74, 6) is 0.0562. The van der Waals surface area contributed by atoms with Crippen LogP contribution in [0.15, 0.2) is 0 Å². The average molecular weight is 413 g/mol. The lowest BCUT2D eigenvalue weighted by Gasteiger charge is -2.06. The van der Waals surface area contributed by atoms with Crippen molar-refractivity contribution in [2.24, 2.45) is 0 Å². The maximum absolute atomic E-state index is 11.2. The number of likely N-dealkylation sites (N-methyl/N-ethyl adjacent to an activating group) is 1. The Bertz CT molecular complexity index is 324. The van der Waals surface area contributed by atoms with Crippen LogP contribution in [-0.2, 0) is 9.53 Å². The molecular weight excluding hydrogens is 360 g/mol. The van der Waals surface area contributed by atoms with Gasteiger partial charge in [-0.05, 0) is 19.9 Å². The molecule has 0 fully saturated rings. The lowest BCUT2D eigenvalue weighted by molar-refractivity contribution is -0.120. The molecule has 0 aromatic rings. The number of ether oxygens (including phenoxy) is 1. The molecule has 0 spiro atoms. The number of carbonyl (C=O) groups excluding carboxylic acids is 1. The molecule has 0 aliphatic heterocycles. The lowest BCUT2D eigenvalue weighted by atomic mass is 10.0. The predicted molar refractivity (Wildman–Crippen MR) is 127 cm³/mol. The molecule has 0 aliphatic carbocycles. The van der Waals surface area contributed by atoms with E-state index in [4.69, 9.17) is 4.74 Å². The second-order valence-corrected chi connectivity index (χ2v) is 8.50. The highest BCUT2D eigenvalue weighted by Crippen LogP contribution is 2.14. The summed E-state index contributed by atoms with van der Waals surface area (Å²) in [4.78, 5) is 11.2. The van der Waals surface area contributed by atoms with E-state index in [0.717, 1.165) is 19.6 Å². The summed E-state index contributed by atoms with van der Waals surface area (Å²) >= 11 is 0. The molecule has 4 nitrogen and oxygen atoms in total. The molecule has 2 N–H and O–H groups in total. The number of carbonyl (C=O) groups is 1. The van der Waals surface area contributed by atoms with Crippen LogP contribution in [-0.4, -0.2) is 39.3 Å². The van der Waals surface area contributed by atoms with Gasteiger partial charge in [-0.25, -0.2) is 0 Å². The van der Waals surface area contributed by atoms with Gasteiger partial charge in [-0.2, -0.15) is 0 Å². The third-order valence-electron chi connectivity index (χ3n) is 5.52. The maximum Gasteiger partial charge on any atom is 0.233 e. The summed E-state index contributed by atoms with van der Waals surface area (Å²) in [5.41, 5.74) is 0. The second kappa shape index (κ2) is 25.4. The largest absolute Gasteiger partial charge is 0.381 e. The average Bonchev–Trinajstić information content (AvgIpc) is 2.72. The topological polar surface area (TPSA) is 50.4 Å². The standard InChI is InChI=1S/C25H52N2O2/c1-3-4-5-6-7-8-9-10-11-12-13-14-15-16-17-18-19-22-29-23-20-21-27-25(28)24-26-2/h26H,3-24H2,1-2H3,(H,27,28). The summed E-state index contributed by atoms with van der Waals surface area (Å²) in [5, 5.41) is 5.70. The van der Waals surface area contributed by atoms with Crippen LogP contribution < -0.4 is 10.6 Å². The van der Waals surface area contributed by atoms with E-state index >= 15 is 0 Å². The summed E-state index contributed by atoms with van der Waals surface area (Å²) in [6.07, 6.45) is 24.8. The second-order valence-electron chi connectivity index (χ2n) is 8.50. The first-order valence-corrected chi connectivity index (χ1v) is 12.8. The van der Waals surface area contributed by atoms with Gasteiger partial charge in [0.25, 0.3) is 0 Å². The predicted octanol–water partition coefficient (Wildman–Crippen LogP) is 6.38. The van der Waals surface area contributed by atoms with Crippen LogP contribution in [0.5, 0.6) is 0 Å². The van der Waals surface area contributed by atoms with Crippen LogP contribution in [0.3, 0.4) is 0 Å². The van der Waals surface area contributed by atoms with Crippen LogP contribution in [0.1, 0.15) is 122 Å². The normalized spacial score (nSPS) is 11.1. The van der Waals surface area contributed by atoms with E-state index in [1.165, 1.54) is 109 Å². The first-order valence-electron chi connectivity index (χ1n) is 12.8. The van der Waals surface area contributed by atoms with Crippen molar-refractivity contribution < 1.29 is 9.53 Å². The van der Waals surface area contributed by atoms with Gasteiger partial charge in [-0.1, -0.05) is 110 Å². The van der Waals surface area contributed by atoms with Gasteiger partial charge in [0.2, 0.25) is 5.91 Å². The zero-order valence-electron chi connectivity index (χ0n) is 19.9. The minimum absolute atomic E-state index is 0.0562. The molecule has 174 valence electrons. The van der Waals surface area contributed by atoms with Crippen molar-refractivity contribution >= 4 is 5.91 Å². The molecule has 0 aliphatic rings. The van der Waals surface area contributed by atoms with Gasteiger partial charge in [-0.3, -0.25) is 4.79 Å². The Morgan fingerprint density at radius 2 is 1.03 bits per heavy atom. The van der Waals surface area contributed by atoms with Crippen molar-refractivity contribution in [3.05, 3.63) is 0 Å². The zero-order valence-corrected chi connectivity index (χ0v) is 19.9. The summed E-state index contributed by atoms with van der Waals surface area (Å²) in [6.45, 7) is 5.00. The Hall–Kier alpha value is -0.610. The molecule has 0 bridgehead atoms. The molecule has 4 heteroatoms. The molecule has 0 rings (SSSR count). The first kappa shape index (κ1) is 28.4. The van der Waals surface area contributed by atoms with Gasteiger partial charge in [-0.15, -0.1) is 0 Å². The van der Waals surface area contributed by atoms with Gasteiger partial charge in [0.15, 0.2) is 0 Å². The van der Waals surface area contributed by atoms with Gasteiger partial charge in [0, 0.05) is 19.8 Å². The van der Waals surface area contributed by atoms with Crippen molar-refractivity contribution in [2.75, 3.05) is 33.4 Å². The Morgan fingerprint density at radius 1 is 0.621 bits per heavy atom. The summed E-state index contributed by atoms with van der Waals surface area (Å²) in [7, 11) is 1.78. The van der Waals surface area contributed by atoms with Crippen molar-refractivity contribution in [2.45, 2.75) is 122 Å². The number of hydrogen-bond acceptors (Lipinski definition) is 3. The van der Waals surface area contributed by atoms with E-state index in [1.54, 1.807) is 7.05 Å². The van der Waals surface area contributed by atoms with Crippen LogP contribution in [0, 0.1) is 0 Å². The molecule has 0 aromatic heterocycles. The first-order chi connectivity index (χ1) is 14.3. The molecule has 0 radical (unpaired) electrons. The Morgan fingerprint density at radius 3 is 1.48 bits per heavy atom. The zero-order chi connectivity index (χ0) is 21.3. The Balaban J connectivity index is 3.02. The van der Waals surface area contributed by atoms with Gasteiger partial charge in [0.05, 0.1) is 6.54 Å². The van der Waals surface area contributed by atoms with Gasteiger partial charge >= 0.3 is 0 Å². The minimum atomic E-state index is 0.0562. The van der Waals surface area contributed by atoms with E-state index in [9.17, 15) is 4.79 Å². The van der Waals surface area contributed by atoms with E-state index in [-0.39, 0.29) is 5.91 Å².